The number of thiazole rings is 1. The van der Waals surface area contributed by atoms with Crippen LogP contribution in [0.3, 0.4) is 0 Å². The smallest absolute Gasteiger partial charge is 0.264 e. The van der Waals surface area contributed by atoms with Crippen LogP contribution in [0.4, 0.5) is 11.8 Å². The Morgan fingerprint density at radius 2 is 2.00 bits per heavy atom. The average Bonchev–Trinajstić information content (AvgIpc) is 3.22. The fourth-order valence-corrected chi connectivity index (χ4v) is 5.05. The first-order chi connectivity index (χ1) is 14.5. The maximum absolute atomic E-state index is 13.1. The van der Waals surface area contributed by atoms with E-state index in [-0.39, 0.29) is 12.2 Å². The van der Waals surface area contributed by atoms with Crippen molar-refractivity contribution in [2.75, 3.05) is 29.9 Å². The third-order valence-electron chi connectivity index (χ3n) is 5.93. The van der Waals surface area contributed by atoms with Gasteiger partial charge in [-0.15, -0.1) is 11.3 Å². The molecule has 0 spiro atoms. The first kappa shape index (κ1) is 19.4. The number of rotatable bonds is 5. The minimum absolute atomic E-state index is 0.219. The Labute approximate surface area is 176 Å². The number of aromatic nitrogens is 3. The number of nitrogens with zero attached hydrogens (tertiary/aromatic N) is 3. The van der Waals surface area contributed by atoms with Crippen molar-refractivity contribution in [3.63, 3.8) is 0 Å². The predicted octanol–water partition coefficient (Wildman–Crippen LogP) is 0.771. The summed E-state index contributed by atoms with van der Waals surface area (Å²) >= 11 is 1.40. The number of aliphatic hydroxyl groups excluding tert-OH is 3. The Morgan fingerprint density at radius 3 is 2.67 bits per heavy atom. The fourth-order valence-electron chi connectivity index (χ4n) is 4.05. The molecule has 3 heterocycles. The SMILES string of the molecule is O=c1[nH]c(N2CCC2)nc(N[C@@H]2C[C@H](CO)[C@@H](O)[C@H]2O)c1-c1nc2ccccc2s1. The second-order valence-electron chi connectivity index (χ2n) is 7.85. The molecule has 0 amide bonds. The van der Waals surface area contributed by atoms with Crippen LogP contribution in [0.5, 0.6) is 0 Å². The van der Waals surface area contributed by atoms with E-state index >= 15 is 0 Å². The molecule has 1 aromatic carbocycles. The zero-order valence-electron chi connectivity index (χ0n) is 16.2. The summed E-state index contributed by atoms with van der Waals surface area (Å²) in [6.45, 7) is 1.42. The van der Waals surface area contributed by atoms with E-state index in [1.54, 1.807) is 0 Å². The van der Waals surface area contributed by atoms with Gasteiger partial charge in [0.25, 0.3) is 5.56 Å². The number of H-pyrrole nitrogens is 1. The molecule has 10 heteroatoms. The standard InChI is InChI=1S/C20H23N5O4S/c26-9-10-8-12(16(28)15(10)27)21-17-14(18(29)24-20(23-17)25-6-3-7-25)19-22-11-4-1-2-5-13(11)30-19/h1-2,4-5,10,12,15-16,26-28H,3,6-9H2,(H2,21,23,24,29)/t10-,12-,15-,16+/m1/s1. The van der Waals surface area contributed by atoms with E-state index in [0.717, 1.165) is 29.7 Å². The lowest BCUT2D eigenvalue weighted by Crippen LogP contribution is -2.40. The third-order valence-corrected chi connectivity index (χ3v) is 6.98. The number of aliphatic hydroxyl groups is 3. The third kappa shape index (κ3) is 3.25. The van der Waals surface area contributed by atoms with E-state index in [9.17, 15) is 20.1 Å². The highest BCUT2D eigenvalue weighted by Crippen LogP contribution is 2.35. The maximum Gasteiger partial charge on any atom is 0.264 e. The molecule has 9 nitrogen and oxygen atoms in total. The van der Waals surface area contributed by atoms with Crippen molar-refractivity contribution < 1.29 is 15.3 Å². The molecule has 3 aromatic rings. The number of fused-ring (bicyclic) bond motifs is 1. The van der Waals surface area contributed by atoms with Crippen LogP contribution in [-0.4, -0.2) is 68.2 Å². The summed E-state index contributed by atoms with van der Waals surface area (Å²) in [4.78, 5) is 27.2. The van der Waals surface area contributed by atoms with Crippen LogP contribution >= 0.6 is 11.3 Å². The number of hydrogen-bond acceptors (Lipinski definition) is 9. The van der Waals surface area contributed by atoms with Crippen molar-refractivity contribution in [1.29, 1.82) is 0 Å². The van der Waals surface area contributed by atoms with Crippen molar-refractivity contribution in [2.24, 2.45) is 5.92 Å². The Kier molecular flexibility index (Phi) is 4.94. The van der Waals surface area contributed by atoms with Gasteiger partial charge in [-0.05, 0) is 25.0 Å². The molecule has 1 saturated heterocycles. The summed E-state index contributed by atoms with van der Waals surface area (Å²) in [5.74, 6) is 0.375. The summed E-state index contributed by atoms with van der Waals surface area (Å²) in [6, 6.07) is 7.11. The Bertz CT molecular complexity index is 1090. The molecule has 5 N–H and O–H groups in total. The monoisotopic (exact) mass is 429 g/mol. The van der Waals surface area contributed by atoms with Crippen LogP contribution in [0.15, 0.2) is 29.1 Å². The molecule has 0 bridgehead atoms. The lowest BCUT2D eigenvalue weighted by atomic mass is 10.1. The summed E-state index contributed by atoms with van der Waals surface area (Å²) in [6.07, 6.45) is -0.696. The van der Waals surface area contributed by atoms with Crippen molar-refractivity contribution in [1.82, 2.24) is 15.0 Å². The molecule has 0 radical (unpaired) electrons. The lowest BCUT2D eigenvalue weighted by molar-refractivity contribution is 0.00446. The van der Waals surface area contributed by atoms with Crippen molar-refractivity contribution in [2.45, 2.75) is 31.1 Å². The molecule has 1 aliphatic heterocycles. The van der Waals surface area contributed by atoms with Gasteiger partial charge in [-0.1, -0.05) is 12.1 Å². The zero-order chi connectivity index (χ0) is 20.8. The number of nitrogens with one attached hydrogen (secondary N) is 2. The second-order valence-corrected chi connectivity index (χ2v) is 8.88. The van der Waals surface area contributed by atoms with Gasteiger partial charge in [0.15, 0.2) is 0 Å². The normalized spacial score (nSPS) is 26.2. The molecule has 2 aliphatic rings. The van der Waals surface area contributed by atoms with Crippen LogP contribution in [0, 0.1) is 5.92 Å². The Morgan fingerprint density at radius 1 is 1.20 bits per heavy atom. The van der Waals surface area contributed by atoms with E-state index in [1.807, 2.05) is 29.2 Å². The summed E-state index contributed by atoms with van der Waals surface area (Å²) in [7, 11) is 0. The van der Waals surface area contributed by atoms with Gasteiger partial charge in [-0.3, -0.25) is 9.78 Å². The number of aromatic amines is 1. The van der Waals surface area contributed by atoms with Gasteiger partial charge in [0.1, 0.15) is 22.5 Å². The van der Waals surface area contributed by atoms with Crippen molar-refractivity contribution in [3.8, 4) is 10.6 Å². The Hall–Kier alpha value is -2.53. The molecular weight excluding hydrogens is 406 g/mol. The van der Waals surface area contributed by atoms with Crippen LogP contribution in [0.2, 0.25) is 0 Å². The molecular formula is C20H23N5O4S. The predicted molar refractivity (Wildman–Crippen MR) is 115 cm³/mol. The van der Waals surface area contributed by atoms with Gasteiger partial charge in [0.05, 0.1) is 22.4 Å². The van der Waals surface area contributed by atoms with Crippen molar-refractivity contribution in [3.05, 3.63) is 34.6 Å². The largest absolute Gasteiger partial charge is 0.396 e. The Balaban J connectivity index is 1.58. The van der Waals surface area contributed by atoms with Crippen molar-refractivity contribution >= 4 is 33.3 Å². The minimum atomic E-state index is -1.07. The fraction of sp³-hybridized carbons (Fsp3) is 0.450. The number of para-hydroxylation sites is 1. The molecule has 2 aromatic heterocycles. The molecule has 5 rings (SSSR count). The molecule has 4 atom stereocenters. The molecule has 2 fully saturated rings. The van der Waals surface area contributed by atoms with E-state index in [2.05, 4.69) is 20.3 Å². The minimum Gasteiger partial charge on any atom is -0.396 e. The molecule has 0 unspecified atom stereocenters. The second kappa shape index (κ2) is 7.62. The van der Waals surface area contributed by atoms with Gasteiger partial charge in [-0.25, -0.2) is 4.98 Å². The van der Waals surface area contributed by atoms with Crippen LogP contribution in [-0.2, 0) is 0 Å². The van der Waals surface area contributed by atoms with Gasteiger partial charge >= 0.3 is 0 Å². The van der Waals surface area contributed by atoms with Gasteiger partial charge in [0.2, 0.25) is 5.95 Å². The van der Waals surface area contributed by atoms with E-state index < -0.39 is 24.2 Å². The maximum atomic E-state index is 13.1. The summed E-state index contributed by atoms with van der Waals surface area (Å²) < 4.78 is 0.960. The van der Waals surface area contributed by atoms with Crippen LogP contribution < -0.4 is 15.8 Å². The highest BCUT2D eigenvalue weighted by atomic mass is 32.1. The number of anilines is 2. The number of hydrogen-bond donors (Lipinski definition) is 5. The topological polar surface area (TPSA) is 135 Å². The quantitative estimate of drug-likeness (QED) is 0.402. The highest BCUT2D eigenvalue weighted by molar-refractivity contribution is 7.21. The summed E-state index contributed by atoms with van der Waals surface area (Å²) in [5, 5.41) is 33.8. The number of benzene rings is 1. The zero-order valence-corrected chi connectivity index (χ0v) is 17.0. The first-order valence-electron chi connectivity index (χ1n) is 10.0. The molecule has 1 saturated carbocycles. The van der Waals surface area contributed by atoms with E-state index in [4.69, 9.17) is 0 Å². The van der Waals surface area contributed by atoms with E-state index in [1.165, 1.54) is 11.3 Å². The van der Waals surface area contributed by atoms with Gasteiger partial charge in [-0.2, -0.15) is 4.98 Å². The first-order valence-corrected chi connectivity index (χ1v) is 10.9. The summed E-state index contributed by atoms with van der Waals surface area (Å²) in [5.41, 5.74) is 0.807. The molecule has 158 valence electrons. The average molecular weight is 430 g/mol. The molecule has 30 heavy (non-hydrogen) atoms. The lowest BCUT2D eigenvalue weighted by Gasteiger charge is -2.32. The van der Waals surface area contributed by atoms with Crippen LogP contribution in [0.25, 0.3) is 20.8 Å². The van der Waals surface area contributed by atoms with Gasteiger partial charge in [0, 0.05) is 25.6 Å². The highest BCUT2D eigenvalue weighted by Gasteiger charge is 2.41. The van der Waals surface area contributed by atoms with Crippen LogP contribution in [0.1, 0.15) is 12.8 Å². The van der Waals surface area contributed by atoms with E-state index in [0.29, 0.717) is 28.8 Å². The van der Waals surface area contributed by atoms with Gasteiger partial charge < -0.3 is 25.5 Å². The molecule has 1 aliphatic carbocycles.